The zero-order valence-electron chi connectivity index (χ0n) is 10.8. The summed E-state index contributed by atoms with van der Waals surface area (Å²) in [7, 11) is 0. The third-order valence-corrected chi connectivity index (χ3v) is 2.65. The molecule has 0 unspecified atom stereocenters. The summed E-state index contributed by atoms with van der Waals surface area (Å²) in [6, 6.07) is 6.10. The minimum absolute atomic E-state index is 0.197. The van der Waals surface area contributed by atoms with Crippen molar-refractivity contribution < 1.29 is 27.8 Å². The van der Waals surface area contributed by atoms with Gasteiger partial charge in [0, 0.05) is 6.20 Å². The van der Waals surface area contributed by atoms with Gasteiger partial charge in [-0.1, -0.05) is 11.6 Å². The molecule has 0 spiro atoms. The molecule has 1 aromatic heterocycles. The Labute approximate surface area is 117 Å². The summed E-state index contributed by atoms with van der Waals surface area (Å²) in [6.45, 7) is 1.66. The van der Waals surface area contributed by atoms with Gasteiger partial charge in [-0.25, -0.2) is 9.78 Å². The van der Waals surface area contributed by atoms with Crippen molar-refractivity contribution in [2.75, 3.05) is 0 Å². The zero-order chi connectivity index (χ0) is 15.6. The molecule has 110 valence electrons. The summed E-state index contributed by atoms with van der Waals surface area (Å²) in [5.74, 6) is -2.17. The molecule has 4 nitrogen and oxygen atoms in total. The SMILES string of the molecule is Cc1ccc(Oc2ncccc2C(F)(F)F)c(C(=O)O)c1. The minimum Gasteiger partial charge on any atom is -0.478 e. The van der Waals surface area contributed by atoms with Gasteiger partial charge in [-0.15, -0.1) is 0 Å². The van der Waals surface area contributed by atoms with Crippen LogP contribution in [0.1, 0.15) is 21.5 Å². The Balaban J connectivity index is 2.47. The van der Waals surface area contributed by atoms with Gasteiger partial charge < -0.3 is 9.84 Å². The Hall–Kier alpha value is -2.57. The number of aromatic carboxylic acids is 1. The van der Waals surface area contributed by atoms with Crippen LogP contribution in [0.25, 0.3) is 0 Å². The number of benzene rings is 1. The first kappa shape index (κ1) is 14.8. The second-order valence-corrected chi connectivity index (χ2v) is 4.26. The van der Waals surface area contributed by atoms with Crippen molar-refractivity contribution in [1.29, 1.82) is 0 Å². The lowest BCUT2D eigenvalue weighted by Gasteiger charge is -2.13. The molecule has 7 heteroatoms. The lowest BCUT2D eigenvalue weighted by atomic mass is 10.1. The largest absolute Gasteiger partial charge is 0.478 e. The maximum absolute atomic E-state index is 12.8. The number of pyridine rings is 1. The number of aromatic nitrogens is 1. The normalized spacial score (nSPS) is 11.2. The van der Waals surface area contributed by atoms with Gasteiger partial charge in [0.2, 0.25) is 5.88 Å². The molecule has 0 aliphatic rings. The van der Waals surface area contributed by atoms with Crippen LogP contribution in [0.3, 0.4) is 0 Å². The summed E-state index contributed by atoms with van der Waals surface area (Å²) < 4.78 is 43.6. The molecule has 0 atom stereocenters. The molecule has 0 bridgehead atoms. The predicted octanol–water partition coefficient (Wildman–Crippen LogP) is 3.90. The fourth-order valence-electron chi connectivity index (χ4n) is 1.69. The van der Waals surface area contributed by atoms with E-state index in [1.807, 2.05) is 0 Å². The van der Waals surface area contributed by atoms with Crippen LogP contribution in [0.15, 0.2) is 36.5 Å². The van der Waals surface area contributed by atoms with Crippen LogP contribution in [0.5, 0.6) is 11.6 Å². The number of aryl methyl sites for hydroxylation is 1. The van der Waals surface area contributed by atoms with Crippen molar-refractivity contribution in [1.82, 2.24) is 4.98 Å². The fourth-order valence-corrected chi connectivity index (χ4v) is 1.69. The van der Waals surface area contributed by atoms with Crippen LogP contribution in [-0.4, -0.2) is 16.1 Å². The molecule has 1 aromatic carbocycles. The molecular formula is C14H10F3NO3. The van der Waals surface area contributed by atoms with E-state index in [9.17, 15) is 18.0 Å². The third-order valence-electron chi connectivity index (χ3n) is 2.65. The van der Waals surface area contributed by atoms with Gasteiger partial charge in [-0.05, 0) is 31.2 Å². The summed E-state index contributed by atoms with van der Waals surface area (Å²) in [6.07, 6.45) is -3.50. The van der Waals surface area contributed by atoms with Gasteiger partial charge in [0.15, 0.2) is 0 Å². The number of halogens is 3. The maximum atomic E-state index is 12.8. The summed E-state index contributed by atoms with van der Waals surface area (Å²) in [5.41, 5.74) is -0.646. The molecule has 1 N–H and O–H groups in total. The molecule has 0 amide bonds. The number of carboxylic acids is 1. The molecule has 2 aromatic rings. The van der Waals surface area contributed by atoms with Gasteiger partial charge in [0.05, 0.1) is 0 Å². The summed E-state index contributed by atoms with van der Waals surface area (Å²) in [4.78, 5) is 14.7. The fraction of sp³-hybridized carbons (Fsp3) is 0.143. The van der Waals surface area contributed by atoms with Crippen LogP contribution in [0.4, 0.5) is 13.2 Å². The number of hydrogen-bond acceptors (Lipinski definition) is 3. The smallest absolute Gasteiger partial charge is 0.421 e. The average molecular weight is 297 g/mol. The maximum Gasteiger partial charge on any atom is 0.421 e. The predicted molar refractivity (Wildman–Crippen MR) is 67.5 cm³/mol. The molecule has 0 fully saturated rings. The molecule has 0 aliphatic heterocycles. The molecule has 0 aliphatic carbocycles. The Morgan fingerprint density at radius 3 is 2.62 bits per heavy atom. The number of nitrogens with zero attached hydrogens (tertiary/aromatic N) is 1. The Morgan fingerprint density at radius 1 is 1.29 bits per heavy atom. The van der Waals surface area contributed by atoms with E-state index in [0.29, 0.717) is 5.56 Å². The van der Waals surface area contributed by atoms with Crippen molar-refractivity contribution in [2.24, 2.45) is 0 Å². The van der Waals surface area contributed by atoms with Gasteiger partial charge in [-0.2, -0.15) is 13.2 Å². The molecule has 0 radical (unpaired) electrons. The Kier molecular flexibility index (Phi) is 3.84. The summed E-state index contributed by atoms with van der Waals surface area (Å²) >= 11 is 0. The van der Waals surface area contributed by atoms with Gasteiger partial charge in [0.1, 0.15) is 16.9 Å². The molecule has 1 heterocycles. The van der Waals surface area contributed by atoms with Gasteiger partial charge >= 0.3 is 12.1 Å². The van der Waals surface area contributed by atoms with Crippen molar-refractivity contribution in [3.63, 3.8) is 0 Å². The summed E-state index contributed by atoms with van der Waals surface area (Å²) in [5, 5.41) is 9.07. The number of rotatable bonds is 3. The lowest BCUT2D eigenvalue weighted by Crippen LogP contribution is -2.09. The highest BCUT2D eigenvalue weighted by atomic mass is 19.4. The average Bonchev–Trinajstić information content (AvgIpc) is 2.40. The number of hydrogen-bond donors (Lipinski definition) is 1. The Bertz CT molecular complexity index is 683. The zero-order valence-corrected chi connectivity index (χ0v) is 10.8. The van der Waals surface area contributed by atoms with E-state index >= 15 is 0 Å². The number of carbonyl (C=O) groups is 1. The van der Waals surface area contributed by atoms with E-state index < -0.39 is 23.6 Å². The van der Waals surface area contributed by atoms with E-state index in [1.54, 1.807) is 6.92 Å². The second kappa shape index (κ2) is 5.43. The highest BCUT2D eigenvalue weighted by Gasteiger charge is 2.35. The standard InChI is InChI=1S/C14H10F3NO3/c1-8-4-5-11(9(7-8)13(19)20)21-12-10(14(15,16)17)3-2-6-18-12/h2-7H,1H3,(H,19,20). The van der Waals surface area contributed by atoms with E-state index in [-0.39, 0.29) is 11.3 Å². The number of ether oxygens (including phenoxy) is 1. The van der Waals surface area contributed by atoms with E-state index in [2.05, 4.69) is 4.98 Å². The van der Waals surface area contributed by atoms with Crippen molar-refractivity contribution in [3.05, 3.63) is 53.2 Å². The third kappa shape index (κ3) is 3.31. The van der Waals surface area contributed by atoms with Crippen molar-refractivity contribution >= 4 is 5.97 Å². The first-order valence-corrected chi connectivity index (χ1v) is 5.83. The quantitative estimate of drug-likeness (QED) is 0.933. The molecule has 2 rings (SSSR count). The molecule has 21 heavy (non-hydrogen) atoms. The van der Waals surface area contributed by atoms with Crippen LogP contribution in [0.2, 0.25) is 0 Å². The van der Waals surface area contributed by atoms with Crippen LogP contribution in [0, 0.1) is 6.92 Å². The monoisotopic (exact) mass is 297 g/mol. The first-order chi connectivity index (χ1) is 9.79. The molecule has 0 saturated carbocycles. The van der Waals surface area contributed by atoms with E-state index in [0.717, 1.165) is 18.3 Å². The number of alkyl halides is 3. The highest BCUT2D eigenvalue weighted by molar-refractivity contribution is 5.91. The Morgan fingerprint density at radius 2 is 2.00 bits per heavy atom. The lowest BCUT2D eigenvalue weighted by molar-refractivity contribution is -0.138. The topological polar surface area (TPSA) is 59.4 Å². The first-order valence-electron chi connectivity index (χ1n) is 5.83. The van der Waals surface area contributed by atoms with Crippen LogP contribution >= 0.6 is 0 Å². The molecular weight excluding hydrogens is 287 g/mol. The highest BCUT2D eigenvalue weighted by Crippen LogP contribution is 2.37. The van der Waals surface area contributed by atoms with E-state index in [4.69, 9.17) is 9.84 Å². The number of carboxylic acid groups (broad SMARTS) is 1. The van der Waals surface area contributed by atoms with Crippen LogP contribution in [-0.2, 0) is 6.18 Å². The molecule has 0 saturated heterocycles. The van der Waals surface area contributed by atoms with Crippen molar-refractivity contribution in [2.45, 2.75) is 13.1 Å². The van der Waals surface area contributed by atoms with E-state index in [1.165, 1.54) is 18.2 Å². The van der Waals surface area contributed by atoms with Crippen molar-refractivity contribution in [3.8, 4) is 11.6 Å². The second-order valence-electron chi connectivity index (χ2n) is 4.26. The minimum atomic E-state index is -4.64. The van der Waals surface area contributed by atoms with Gasteiger partial charge in [-0.3, -0.25) is 0 Å². The van der Waals surface area contributed by atoms with Crippen LogP contribution < -0.4 is 4.74 Å². The van der Waals surface area contributed by atoms with Gasteiger partial charge in [0.25, 0.3) is 0 Å².